The molecule has 2 atom stereocenters. The molecule has 6 heteroatoms. The molecule has 0 unspecified atom stereocenters. The molecule has 4 rings (SSSR count). The van der Waals surface area contributed by atoms with Gasteiger partial charge in [-0.25, -0.2) is 0 Å². The summed E-state index contributed by atoms with van der Waals surface area (Å²) in [6.45, 7) is 4.76. The van der Waals surface area contributed by atoms with Crippen LogP contribution >= 0.6 is 11.6 Å². The molecule has 138 valence electrons. The number of likely N-dealkylation sites (N-methyl/N-ethyl adjacent to an activating group) is 1. The second-order valence-electron chi connectivity index (χ2n) is 7.41. The second kappa shape index (κ2) is 6.80. The fourth-order valence-electron chi connectivity index (χ4n) is 4.69. The summed E-state index contributed by atoms with van der Waals surface area (Å²) in [4.78, 5) is 4.50. The summed E-state index contributed by atoms with van der Waals surface area (Å²) in [7, 11) is 2.10. The lowest BCUT2D eigenvalue weighted by Gasteiger charge is -2.43. The van der Waals surface area contributed by atoms with Crippen molar-refractivity contribution in [3.8, 4) is 0 Å². The van der Waals surface area contributed by atoms with Crippen molar-refractivity contribution in [1.29, 1.82) is 0 Å². The van der Waals surface area contributed by atoms with E-state index in [0.717, 1.165) is 38.3 Å². The summed E-state index contributed by atoms with van der Waals surface area (Å²) in [5.74, 6) is 0.854. The van der Waals surface area contributed by atoms with Gasteiger partial charge in [0.15, 0.2) is 11.0 Å². The monoisotopic (exact) mass is 372 g/mol. The summed E-state index contributed by atoms with van der Waals surface area (Å²) in [6.07, 6.45) is 1.43. The van der Waals surface area contributed by atoms with Gasteiger partial charge in [0.05, 0.1) is 12.1 Å². The summed E-state index contributed by atoms with van der Waals surface area (Å²) < 4.78 is 0. The van der Waals surface area contributed by atoms with Gasteiger partial charge in [0.1, 0.15) is 0 Å². The Hall–Kier alpha value is -1.69. The summed E-state index contributed by atoms with van der Waals surface area (Å²) in [5, 5.41) is 20.0. The minimum atomic E-state index is -0.386. The molecule has 0 amide bonds. The fourth-order valence-corrected chi connectivity index (χ4v) is 4.79. The molecule has 1 aromatic carbocycles. The SMILES string of the molecule is CCN(C)[C@@H]1c2ccccc2C2(CCN(c3ccc(Cl)nn3)CC2)[C@H]1O. The summed E-state index contributed by atoms with van der Waals surface area (Å²) >= 11 is 5.85. The van der Waals surface area contributed by atoms with Gasteiger partial charge in [0.2, 0.25) is 0 Å². The maximum absolute atomic E-state index is 11.4. The van der Waals surface area contributed by atoms with Crippen molar-refractivity contribution in [2.75, 3.05) is 31.6 Å². The normalized spacial score (nSPS) is 24.3. The van der Waals surface area contributed by atoms with Crippen LogP contribution in [0.5, 0.6) is 0 Å². The Morgan fingerprint density at radius 3 is 2.58 bits per heavy atom. The van der Waals surface area contributed by atoms with Crippen LogP contribution in [0.25, 0.3) is 0 Å². The van der Waals surface area contributed by atoms with Gasteiger partial charge in [-0.05, 0) is 49.7 Å². The molecule has 1 N–H and O–H groups in total. The molecule has 0 radical (unpaired) electrons. The highest BCUT2D eigenvalue weighted by atomic mass is 35.5. The van der Waals surface area contributed by atoms with Gasteiger partial charge in [0, 0.05) is 18.5 Å². The maximum Gasteiger partial charge on any atom is 0.151 e. The summed E-state index contributed by atoms with van der Waals surface area (Å²) in [6, 6.07) is 12.3. The van der Waals surface area contributed by atoms with Crippen LogP contribution in [0, 0.1) is 0 Å². The number of anilines is 1. The van der Waals surface area contributed by atoms with Gasteiger partial charge in [-0.2, -0.15) is 0 Å². The quantitative estimate of drug-likeness (QED) is 0.897. The van der Waals surface area contributed by atoms with Crippen LogP contribution in [0.3, 0.4) is 0 Å². The number of nitrogens with zero attached hydrogens (tertiary/aromatic N) is 4. The predicted molar refractivity (Wildman–Crippen MR) is 104 cm³/mol. The molecule has 1 fully saturated rings. The molecule has 0 saturated carbocycles. The zero-order valence-electron chi connectivity index (χ0n) is 15.3. The van der Waals surface area contributed by atoms with E-state index in [2.05, 4.69) is 58.2 Å². The molecule has 1 aliphatic carbocycles. The lowest BCUT2D eigenvalue weighted by molar-refractivity contribution is 0.0105. The summed E-state index contributed by atoms with van der Waals surface area (Å²) in [5.41, 5.74) is 2.42. The molecule has 2 aliphatic rings. The van der Waals surface area contributed by atoms with E-state index in [1.54, 1.807) is 6.07 Å². The van der Waals surface area contributed by atoms with Gasteiger partial charge in [-0.15, -0.1) is 10.2 Å². The van der Waals surface area contributed by atoms with Crippen LogP contribution in [-0.2, 0) is 5.41 Å². The molecule has 1 aromatic heterocycles. The van der Waals surface area contributed by atoms with Gasteiger partial charge < -0.3 is 10.0 Å². The molecule has 2 aromatic rings. The molecule has 2 heterocycles. The standard InChI is InChI=1S/C20H25ClN4O/c1-3-24(2)18-14-6-4-5-7-15(14)20(19(18)26)10-12-25(13-11-20)17-9-8-16(21)22-23-17/h4-9,18-19,26H,3,10-13H2,1-2H3/t18-,19+/m1/s1. The van der Waals surface area contributed by atoms with Crippen LogP contribution in [0.4, 0.5) is 5.82 Å². The number of aromatic nitrogens is 2. The Labute approximate surface area is 159 Å². The van der Waals surface area contributed by atoms with E-state index < -0.39 is 0 Å². The lowest BCUT2D eigenvalue weighted by Crippen LogP contribution is -2.49. The first-order valence-corrected chi connectivity index (χ1v) is 9.66. The number of benzene rings is 1. The number of aliphatic hydroxyl groups is 1. The first-order valence-electron chi connectivity index (χ1n) is 9.29. The first-order chi connectivity index (χ1) is 12.6. The Morgan fingerprint density at radius 2 is 1.92 bits per heavy atom. The third-order valence-corrected chi connectivity index (χ3v) is 6.45. The number of hydrogen-bond acceptors (Lipinski definition) is 5. The zero-order chi connectivity index (χ0) is 18.3. The lowest BCUT2D eigenvalue weighted by atomic mass is 9.72. The van der Waals surface area contributed by atoms with Crippen molar-refractivity contribution >= 4 is 17.4 Å². The van der Waals surface area contributed by atoms with Crippen LogP contribution < -0.4 is 4.90 Å². The third kappa shape index (κ3) is 2.70. The topological polar surface area (TPSA) is 52.5 Å². The van der Waals surface area contributed by atoms with Crippen molar-refractivity contribution in [1.82, 2.24) is 15.1 Å². The molecule has 26 heavy (non-hydrogen) atoms. The van der Waals surface area contributed by atoms with E-state index in [1.807, 2.05) is 6.07 Å². The van der Waals surface area contributed by atoms with E-state index in [9.17, 15) is 5.11 Å². The Kier molecular flexibility index (Phi) is 4.63. The minimum absolute atomic E-state index is 0.0677. The zero-order valence-corrected chi connectivity index (χ0v) is 16.0. The average molecular weight is 373 g/mol. The van der Waals surface area contributed by atoms with Crippen molar-refractivity contribution < 1.29 is 5.11 Å². The molecule has 0 bridgehead atoms. The predicted octanol–water partition coefficient (Wildman–Crippen LogP) is 3.04. The largest absolute Gasteiger partial charge is 0.390 e. The van der Waals surface area contributed by atoms with E-state index in [0.29, 0.717) is 5.15 Å². The number of piperidine rings is 1. The second-order valence-corrected chi connectivity index (χ2v) is 7.79. The van der Waals surface area contributed by atoms with Crippen molar-refractivity contribution in [2.24, 2.45) is 0 Å². The van der Waals surface area contributed by atoms with Crippen LogP contribution in [-0.4, -0.2) is 53.0 Å². The van der Waals surface area contributed by atoms with Gasteiger partial charge in [-0.1, -0.05) is 42.8 Å². The maximum atomic E-state index is 11.4. The average Bonchev–Trinajstić information content (AvgIpc) is 2.91. The molecule has 5 nitrogen and oxygen atoms in total. The fraction of sp³-hybridized carbons (Fsp3) is 0.500. The van der Waals surface area contributed by atoms with E-state index in [-0.39, 0.29) is 17.6 Å². The highest BCUT2D eigenvalue weighted by molar-refractivity contribution is 6.29. The molecular weight excluding hydrogens is 348 g/mol. The Balaban J connectivity index is 1.62. The highest BCUT2D eigenvalue weighted by Crippen LogP contribution is 2.52. The van der Waals surface area contributed by atoms with Gasteiger partial charge in [0.25, 0.3) is 0 Å². The van der Waals surface area contributed by atoms with Crippen LogP contribution in [0.2, 0.25) is 5.15 Å². The number of hydrogen-bond donors (Lipinski definition) is 1. The van der Waals surface area contributed by atoms with Gasteiger partial charge >= 0.3 is 0 Å². The van der Waals surface area contributed by atoms with E-state index in [4.69, 9.17) is 11.6 Å². The molecule has 1 aliphatic heterocycles. The van der Waals surface area contributed by atoms with Crippen molar-refractivity contribution in [3.63, 3.8) is 0 Å². The Bertz CT molecular complexity index is 774. The van der Waals surface area contributed by atoms with Crippen LogP contribution in [0.1, 0.15) is 36.9 Å². The van der Waals surface area contributed by atoms with Crippen molar-refractivity contribution in [3.05, 3.63) is 52.7 Å². The number of rotatable bonds is 3. The molecular formula is C20H25ClN4O. The van der Waals surface area contributed by atoms with Crippen molar-refractivity contribution in [2.45, 2.75) is 37.3 Å². The molecule has 1 spiro atoms. The van der Waals surface area contributed by atoms with E-state index >= 15 is 0 Å². The minimum Gasteiger partial charge on any atom is -0.390 e. The number of aliphatic hydroxyl groups excluding tert-OH is 1. The van der Waals surface area contributed by atoms with E-state index in [1.165, 1.54) is 11.1 Å². The number of fused-ring (bicyclic) bond motifs is 2. The smallest absolute Gasteiger partial charge is 0.151 e. The molecule has 1 saturated heterocycles. The van der Waals surface area contributed by atoms with Gasteiger partial charge in [-0.3, -0.25) is 4.90 Å². The number of halogens is 1. The highest BCUT2D eigenvalue weighted by Gasteiger charge is 2.53. The third-order valence-electron chi connectivity index (χ3n) is 6.25. The Morgan fingerprint density at radius 1 is 1.19 bits per heavy atom. The first kappa shape index (κ1) is 17.7. The van der Waals surface area contributed by atoms with Crippen LogP contribution in [0.15, 0.2) is 36.4 Å².